The molecule has 2 nitrogen and oxygen atoms in total. The molecule has 1 aromatic rings. The summed E-state index contributed by atoms with van der Waals surface area (Å²) >= 11 is 3.29. The van der Waals surface area contributed by atoms with Gasteiger partial charge in [-0.3, -0.25) is 0 Å². The van der Waals surface area contributed by atoms with E-state index in [1.807, 2.05) is 6.07 Å². The highest BCUT2D eigenvalue weighted by Crippen LogP contribution is 2.12. The van der Waals surface area contributed by atoms with Gasteiger partial charge in [-0.25, -0.2) is 13.8 Å². The number of halogens is 3. The van der Waals surface area contributed by atoms with Gasteiger partial charge in [0.25, 0.3) is 6.43 Å². The number of pyridine rings is 1. The van der Waals surface area contributed by atoms with Crippen LogP contribution in [0.15, 0.2) is 18.3 Å². The number of hydrogen-bond donors (Lipinski definition) is 0. The molecule has 0 fully saturated rings. The molecule has 0 N–H and O–H groups in total. The van der Waals surface area contributed by atoms with E-state index in [9.17, 15) is 8.78 Å². The fraction of sp³-hybridized carbons (Fsp3) is 0.444. The minimum atomic E-state index is -2.34. The van der Waals surface area contributed by atoms with Crippen molar-refractivity contribution in [3.8, 4) is 0 Å². The van der Waals surface area contributed by atoms with Crippen LogP contribution in [0.1, 0.15) is 5.56 Å². The van der Waals surface area contributed by atoms with Crippen LogP contribution in [-0.2, 0) is 5.33 Å². The van der Waals surface area contributed by atoms with Gasteiger partial charge in [-0.2, -0.15) is 0 Å². The number of aromatic nitrogens is 1. The molecule has 1 rings (SSSR count). The van der Waals surface area contributed by atoms with Gasteiger partial charge in [0.1, 0.15) is 5.82 Å². The van der Waals surface area contributed by atoms with E-state index in [2.05, 4.69) is 20.9 Å². The van der Waals surface area contributed by atoms with Crippen LogP contribution in [0.4, 0.5) is 14.6 Å². The van der Waals surface area contributed by atoms with Crippen LogP contribution in [0.2, 0.25) is 0 Å². The van der Waals surface area contributed by atoms with Gasteiger partial charge in [0.05, 0.1) is 6.54 Å². The number of alkyl halides is 3. The quantitative estimate of drug-likeness (QED) is 0.778. The third-order valence-corrected chi connectivity index (χ3v) is 2.41. The average Bonchev–Trinajstić information content (AvgIpc) is 2.17. The second kappa shape index (κ2) is 5.24. The Balaban J connectivity index is 2.66. The van der Waals surface area contributed by atoms with Crippen LogP contribution in [0.3, 0.4) is 0 Å². The first kappa shape index (κ1) is 11.4. The molecule has 0 bridgehead atoms. The van der Waals surface area contributed by atoms with E-state index in [0.717, 1.165) is 10.9 Å². The van der Waals surface area contributed by atoms with Gasteiger partial charge < -0.3 is 4.90 Å². The zero-order chi connectivity index (χ0) is 10.6. The molecule has 0 amide bonds. The van der Waals surface area contributed by atoms with Crippen molar-refractivity contribution in [3.63, 3.8) is 0 Å². The van der Waals surface area contributed by atoms with Crippen molar-refractivity contribution >= 4 is 21.7 Å². The van der Waals surface area contributed by atoms with Gasteiger partial charge in [-0.05, 0) is 11.6 Å². The Morgan fingerprint density at radius 2 is 2.21 bits per heavy atom. The van der Waals surface area contributed by atoms with Gasteiger partial charge in [-0.15, -0.1) is 0 Å². The molecule has 0 unspecified atom stereocenters. The molecule has 14 heavy (non-hydrogen) atoms. The Hall–Kier alpha value is -0.710. The van der Waals surface area contributed by atoms with E-state index in [1.165, 1.54) is 4.90 Å². The summed E-state index contributed by atoms with van der Waals surface area (Å²) in [5.74, 6) is 0.565. The van der Waals surface area contributed by atoms with Crippen molar-refractivity contribution in [2.24, 2.45) is 0 Å². The number of rotatable bonds is 4. The Labute approximate surface area is 90.1 Å². The smallest absolute Gasteiger partial charge is 0.255 e. The Morgan fingerprint density at radius 1 is 1.50 bits per heavy atom. The van der Waals surface area contributed by atoms with E-state index in [1.54, 1.807) is 19.3 Å². The predicted octanol–water partition coefficient (Wildman–Crippen LogP) is 2.68. The van der Waals surface area contributed by atoms with Gasteiger partial charge in [-0.1, -0.05) is 22.0 Å². The lowest BCUT2D eigenvalue weighted by Gasteiger charge is -2.17. The Bertz CT molecular complexity index is 277. The molecule has 0 radical (unpaired) electrons. The highest BCUT2D eigenvalue weighted by molar-refractivity contribution is 9.08. The summed E-state index contributed by atoms with van der Waals surface area (Å²) in [4.78, 5) is 5.50. The van der Waals surface area contributed by atoms with Crippen LogP contribution in [0, 0.1) is 0 Å². The lowest BCUT2D eigenvalue weighted by Crippen LogP contribution is -2.24. The summed E-state index contributed by atoms with van der Waals surface area (Å²) in [5, 5.41) is 0.721. The molecule has 0 aromatic carbocycles. The average molecular weight is 265 g/mol. The van der Waals surface area contributed by atoms with E-state index >= 15 is 0 Å². The second-order valence-corrected chi connectivity index (χ2v) is 3.49. The first-order valence-electron chi connectivity index (χ1n) is 4.13. The second-order valence-electron chi connectivity index (χ2n) is 2.93. The molecule has 0 saturated carbocycles. The monoisotopic (exact) mass is 264 g/mol. The van der Waals surface area contributed by atoms with E-state index in [4.69, 9.17) is 0 Å². The van der Waals surface area contributed by atoms with Crippen molar-refractivity contribution in [2.45, 2.75) is 11.8 Å². The molecule has 0 atom stereocenters. The first-order chi connectivity index (χ1) is 6.63. The van der Waals surface area contributed by atoms with Gasteiger partial charge >= 0.3 is 0 Å². The Kier molecular flexibility index (Phi) is 4.25. The third kappa shape index (κ3) is 3.21. The summed E-state index contributed by atoms with van der Waals surface area (Å²) in [5.41, 5.74) is 1.03. The SMILES string of the molecule is CN(CC(F)F)c1ccc(CBr)cn1. The van der Waals surface area contributed by atoms with Crippen LogP contribution >= 0.6 is 15.9 Å². The molecule has 78 valence electrons. The molecular formula is C9H11BrF2N2. The molecule has 1 heterocycles. The zero-order valence-electron chi connectivity index (χ0n) is 7.75. The summed E-state index contributed by atoms with van der Waals surface area (Å²) in [6.45, 7) is -0.291. The third-order valence-electron chi connectivity index (χ3n) is 1.77. The summed E-state index contributed by atoms with van der Waals surface area (Å²) in [7, 11) is 1.60. The molecule has 0 aliphatic heterocycles. The molecule has 0 aliphatic rings. The summed E-state index contributed by atoms with van der Waals surface area (Å²) in [6.07, 6.45) is -0.663. The van der Waals surface area contributed by atoms with Crippen LogP contribution in [0.25, 0.3) is 0 Å². The normalized spacial score (nSPS) is 10.6. The van der Waals surface area contributed by atoms with Gasteiger partial charge in [0.15, 0.2) is 0 Å². The minimum Gasteiger partial charge on any atom is -0.354 e. The van der Waals surface area contributed by atoms with E-state index in [-0.39, 0.29) is 6.54 Å². The Morgan fingerprint density at radius 3 is 2.64 bits per heavy atom. The highest BCUT2D eigenvalue weighted by Gasteiger charge is 2.08. The topological polar surface area (TPSA) is 16.1 Å². The standard InChI is InChI=1S/C9H11BrF2N2/c1-14(6-8(11)12)9-3-2-7(4-10)5-13-9/h2-3,5,8H,4,6H2,1H3. The maximum atomic E-state index is 12.0. The molecule has 1 aromatic heterocycles. The maximum Gasteiger partial charge on any atom is 0.255 e. The molecular weight excluding hydrogens is 254 g/mol. The van der Waals surface area contributed by atoms with Crippen LogP contribution in [0.5, 0.6) is 0 Å². The van der Waals surface area contributed by atoms with Crippen molar-refractivity contribution in [1.29, 1.82) is 0 Å². The molecule has 0 aliphatic carbocycles. The maximum absolute atomic E-state index is 12.0. The van der Waals surface area contributed by atoms with E-state index in [0.29, 0.717) is 5.82 Å². The number of hydrogen-bond acceptors (Lipinski definition) is 2. The number of nitrogens with zero attached hydrogens (tertiary/aromatic N) is 2. The lowest BCUT2D eigenvalue weighted by atomic mass is 10.3. The highest BCUT2D eigenvalue weighted by atomic mass is 79.9. The van der Waals surface area contributed by atoms with Gasteiger partial charge in [0, 0.05) is 18.6 Å². The fourth-order valence-electron chi connectivity index (χ4n) is 1.02. The van der Waals surface area contributed by atoms with Gasteiger partial charge in [0.2, 0.25) is 0 Å². The van der Waals surface area contributed by atoms with Crippen LogP contribution in [-0.4, -0.2) is 25.0 Å². The summed E-state index contributed by atoms with van der Waals surface area (Å²) < 4.78 is 24.1. The largest absolute Gasteiger partial charge is 0.354 e. The minimum absolute atomic E-state index is 0.291. The van der Waals surface area contributed by atoms with E-state index < -0.39 is 6.43 Å². The van der Waals surface area contributed by atoms with Crippen molar-refractivity contribution in [2.75, 3.05) is 18.5 Å². The van der Waals surface area contributed by atoms with Crippen LogP contribution < -0.4 is 4.90 Å². The van der Waals surface area contributed by atoms with Crippen molar-refractivity contribution < 1.29 is 8.78 Å². The van der Waals surface area contributed by atoms with Crippen molar-refractivity contribution in [1.82, 2.24) is 4.98 Å². The lowest BCUT2D eigenvalue weighted by molar-refractivity contribution is 0.156. The molecule has 0 spiro atoms. The predicted molar refractivity (Wildman–Crippen MR) is 56.1 cm³/mol. The fourth-order valence-corrected chi connectivity index (χ4v) is 1.35. The zero-order valence-corrected chi connectivity index (χ0v) is 9.34. The first-order valence-corrected chi connectivity index (χ1v) is 5.26. The summed E-state index contributed by atoms with van der Waals surface area (Å²) in [6, 6.07) is 3.60. The number of anilines is 1. The van der Waals surface area contributed by atoms with Crippen molar-refractivity contribution in [3.05, 3.63) is 23.9 Å². The molecule has 5 heteroatoms. The molecule has 0 saturated heterocycles.